The molecule has 2 heterocycles. The van der Waals surface area contributed by atoms with Gasteiger partial charge in [0, 0.05) is 29.3 Å². The van der Waals surface area contributed by atoms with Gasteiger partial charge in [-0.3, -0.25) is 4.79 Å². The van der Waals surface area contributed by atoms with Gasteiger partial charge in [0.25, 0.3) is 5.91 Å². The minimum atomic E-state index is -0.169. The Labute approximate surface area is 167 Å². The van der Waals surface area contributed by atoms with Crippen molar-refractivity contribution in [1.29, 1.82) is 0 Å². The first-order valence-corrected chi connectivity index (χ1v) is 9.16. The summed E-state index contributed by atoms with van der Waals surface area (Å²) < 4.78 is 0. The Balaban J connectivity index is 1.46. The number of carbonyl (C=O) groups is 1. The molecule has 2 aromatic heterocycles. The second-order valence-corrected chi connectivity index (χ2v) is 6.69. The van der Waals surface area contributed by atoms with E-state index in [1.54, 1.807) is 24.5 Å². The van der Waals surface area contributed by atoms with Crippen LogP contribution in [0.4, 0.5) is 11.6 Å². The highest BCUT2D eigenvalue weighted by Crippen LogP contribution is 2.26. The van der Waals surface area contributed by atoms with Crippen molar-refractivity contribution in [2.24, 2.45) is 0 Å². The number of rotatable bonds is 5. The van der Waals surface area contributed by atoms with Gasteiger partial charge in [0.15, 0.2) is 0 Å². The SMILES string of the molecule is O=C(NCc1ccccc1)c1ccc(Nc2nccc3ccc(Cl)cc23)nc1. The molecule has 138 valence electrons. The Kier molecular flexibility index (Phi) is 5.17. The lowest BCUT2D eigenvalue weighted by atomic mass is 10.1. The fourth-order valence-corrected chi connectivity index (χ4v) is 3.02. The molecule has 0 spiro atoms. The van der Waals surface area contributed by atoms with Crippen LogP contribution >= 0.6 is 11.6 Å². The topological polar surface area (TPSA) is 66.9 Å². The third-order valence-corrected chi connectivity index (χ3v) is 4.53. The molecule has 0 atom stereocenters. The zero-order chi connectivity index (χ0) is 19.3. The maximum absolute atomic E-state index is 12.3. The minimum Gasteiger partial charge on any atom is -0.348 e. The Morgan fingerprint density at radius 3 is 2.61 bits per heavy atom. The number of halogens is 1. The van der Waals surface area contributed by atoms with E-state index in [2.05, 4.69) is 20.6 Å². The Morgan fingerprint density at radius 1 is 0.964 bits per heavy atom. The quantitative estimate of drug-likeness (QED) is 0.507. The lowest BCUT2D eigenvalue weighted by Crippen LogP contribution is -2.22. The average Bonchev–Trinajstić information content (AvgIpc) is 2.74. The summed E-state index contributed by atoms with van der Waals surface area (Å²) in [6.45, 7) is 0.473. The number of anilines is 2. The van der Waals surface area contributed by atoms with E-state index in [9.17, 15) is 4.79 Å². The lowest BCUT2D eigenvalue weighted by molar-refractivity contribution is 0.0950. The van der Waals surface area contributed by atoms with Crippen LogP contribution in [-0.2, 0) is 6.54 Å². The molecule has 1 amide bonds. The smallest absolute Gasteiger partial charge is 0.253 e. The van der Waals surface area contributed by atoms with E-state index in [4.69, 9.17) is 11.6 Å². The first-order chi connectivity index (χ1) is 13.7. The maximum atomic E-state index is 12.3. The zero-order valence-electron chi connectivity index (χ0n) is 14.9. The van der Waals surface area contributed by atoms with Crippen LogP contribution in [0.25, 0.3) is 10.8 Å². The maximum Gasteiger partial charge on any atom is 0.253 e. The fraction of sp³-hybridized carbons (Fsp3) is 0.0455. The van der Waals surface area contributed by atoms with Crippen LogP contribution in [-0.4, -0.2) is 15.9 Å². The molecule has 0 fully saturated rings. The van der Waals surface area contributed by atoms with Crippen molar-refractivity contribution in [3.8, 4) is 0 Å². The number of hydrogen-bond acceptors (Lipinski definition) is 4. The van der Waals surface area contributed by atoms with Gasteiger partial charge < -0.3 is 10.6 Å². The van der Waals surface area contributed by atoms with Crippen LogP contribution < -0.4 is 10.6 Å². The van der Waals surface area contributed by atoms with Crippen LogP contribution in [0.3, 0.4) is 0 Å². The monoisotopic (exact) mass is 388 g/mol. The summed E-state index contributed by atoms with van der Waals surface area (Å²) >= 11 is 6.11. The van der Waals surface area contributed by atoms with Gasteiger partial charge in [0.1, 0.15) is 11.6 Å². The van der Waals surface area contributed by atoms with E-state index >= 15 is 0 Å². The molecule has 0 saturated carbocycles. The van der Waals surface area contributed by atoms with Crippen molar-refractivity contribution in [1.82, 2.24) is 15.3 Å². The molecule has 0 aliphatic heterocycles. The number of nitrogens with one attached hydrogen (secondary N) is 2. The molecule has 28 heavy (non-hydrogen) atoms. The van der Waals surface area contributed by atoms with Crippen molar-refractivity contribution in [2.45, 2.75) is 6.54 Å². The number of hydrogen-bond donors (Lipinski definition) is 2. The van der Waals surface area contributed by atoms with Crippen molar-refractivity contribution >= 4 is 39.9 Å². The molecule has 5 nitrogen and oxygen atoms in total. The van der Waals surface area contributed by atoms with Crippen LogP contribution in [0.15, 0.2) is 79.1 Å². The molecule has 0 aliphatic rings. The first kappa shape index (κ1) is 17.9. The number of pyridine rings is 2. The minimum absolute atomic E-state index is 0.169. The van der Waals surface area contributed by atoms with Gasteiger partial charge in [-0.25, -0.2) is 9.97 Å². The lowest BCUT2D eigenvalue weighted by Gasteiger charge is -2.09. The van der Waals surface area contributed by atoms with E-state index in [1.165, 1.54) is 0 Å². The predicted octanol–water partition coefficient (Wildman–Crippen LogP) is 4.96. The fourth-order valence-electron chi connectivity index (χ4n) is 2.84. The molecule has 0 unspecified atom stereocenters. The molecule has 0 radical (unpaired) electrons. The molecule has 0 aliphatic carbocycles. The highest BCUT2D eigenvalue weighted by Gasteiger charge is 2.08. The van der Waals surface area contributed by atoms with Crippen LogP contribution in [0.1, 0.15) is 15.9 Å². The van der Waals surface area contributed by atoms with E-state index < -0.39 is 0 Å². The van der Waals surface area contributed by atoms with Gasteiger partial charge >= 0.3 is 0 Å². The van der Waals surface area contributed by atoms with E-state index in [0.717, 1.165) is 16.3 Å². The summed E-state index contributed by atoms with van der Waals surface area (Å²) in [5.41, 5.74) is 1.54. The summed E-state index contributed by atoms with van der Waals surface area (Å²) in [7, 11) is 0. The Hall–Kier alpha value is -3.44. The number of fused-ring (bicyclic) bond motifs is 1. The normalized spacial score (nSPS) is 10.6. The average molecular weight is 389 g/mol. The number of benzene rings is 2. The number of carbonyl (C=O) groups excluding carboxylic acids is 1. The molecule has 2 aromatic carbocycles. The molecular formula is C22H17ClN4O. The second-order valence-electron chi connectivity index (χ2n) is 6.25. The Morgan fingerprint density at radius 2 is 1.82 bits per heavy atom. The van der Waals surface area contributed by atoms with Crippen LogP contribution in [0.2, 0.25) is 5.02 Å². The van der Waals surface area contributed by atoms with E-state index in [-0.39, 0.29) is 5.91 Å². The summed E-state index contributed by atoms with van der Waals surface area (Å²) in [6, 6.07) is 20.8. The highest BCUT2D eigenvalue weighted by molar-refractivity contribution is 6.31. The molecule has 4 rings (SSSR count). The molecule has 0 bridgehead atoms. The zero-order valence-corrected chi connectivity index (χ0v) is 15.6. The van der Waals surface area contributed by atoms with Gasteiger partial charge in [-0.05, 0) is 41.3 Å². The number of nitrogens with zero attached hydrogens (tertiary/aromatic N) is 2. The van der Waals surface area contributed by atoms with E-state index in [1.807, 2.05) is 54.6 Å². The molecular weight excluding hydrogens is 372 g/mol. The van der Waals surface area contributed by atoms with E-state index in [0.29, 0.717) is 28.8 Å². The largest absolute Gasteiger partial charge is 0.348 e. The van der Waals surface area contributed by atoms with Gasteiger partial charge in [0.2, 0.25) is 0 Å². The molecule has 4 aromatic rings. The van der Waals surface area contributed by atoms with Crippen LogP contribution in [0.5, 0.6) is 0 Å². The van der Waals surface area contributed by atoms with Gasteiger partial charge in [-0.2, -0.15) is 0 Å². The van der Waals surface area contributed by atoms with Crippen molar-refractivity contribution < 1.29 is 4.79 Å². The third-order valence-electron chi connectivity index (χ3n) is 4.30. The Bertz CT molecular complexity index is 1110. The number of amides is 1. The predicted molar refractivity (Wildman–Crippen MR) is 112 cm³/mol. The third kappa shape index (κ3) is 4.10. The van der Waals surface area contributed by atoms with Gasteiger partial charge in [-0.15, -0.1) is 0 Å². The van der Waals surface area contributed by atoms with Gasteiger partial charge in [0.05, 0.1) is 5.56 Å². The molecule has 6 heteroatoms. The first-order valence-electron chi connectivity index (χ1n) is 8.78. The van der Waals surface area contributed by atoms with Crippen molar-refractivity contribution in [3.05, 3.63) is 95.3 Å². The molecule has 0 saturated heterocycles. The second kappa shape index (κ2) is 8.06. The van der Waals surface area contributed by atoms with Crippen molar-refractivity contribution in [2.75, 3.05) is 5.32 Å². The summed E-state index contributed by atoms with van der Waals surface area (Å²) in [4.78, 5) is 21.0. The van der Waals surface area contributed by atoms with Gasteiger partial charge in [-0.1, -0.05) is 48.0 Å². The highest BCUT2D eigenvalue weighted by atomic mass is 35.5. The summed E-state index contributed by atoms with van der Waals surface area (Å²) in [5.74, 6) is 1.09. The summed E-state index contributed by atoms with van der Waals surface area (Å²) in [5, 5.41) is 8.65. The van der Waals surface area contributed by atoms with Crippen molar-refractivity contribution in [3.63, 3.8) is 0 Å². The number of aromatic nitrogens is 2. The summed E-state index contributed by atoms with van der Waals surface area (Å²) in [6.07, 6.45) is 3.27. The van der Waals surface area contributed by atoms with Crippen LogP contribution in [0, 0.1) is 0 Å². The standard InChI is InChI=1S/C22H17ClN4O/c23-18-8-6-16-10-11-24-21(19(16)12-18)27-20-9-7-17(14-25-20)22(28)26-13-15-4-2-1-3-5-15/h1-12,14H,13H2,(H,26,28)(H,24,25,27). The molecule has 2 N–H and O–H groups in total.